The van der Waals surface area contributed by atoms with Gasteiger partial charge in [0, 0.05) is 57.2 Å². The summed E-state index contributed by atoms with van der Waals surface area (Å²) in [6.07, 6.45) is 6.47. The smallest absolute Gasteiger partial charge is 0.274 e. The largest absolute Gasteiger partial charge is 0.490 e. The number of carbonyl (C=O) groups excluding carboxylic acids is 1. The highest BCUT2D eigenvalue weighted by molar-refractivity contribution is 5.92. The predicted molar refractivity (Wildman–Crippen MR) is 114 cm³/mol. The van der Waals surface area contributed by atoms with Crippen LogP contribution in [0.2, 0.25) is 0 Å². The third kappa shape index (κ3) is 3.72. The van der Waals surface area contributed by atoms with E-state index in [0.717, 1.165) is 36.4 Å². The van der Waals surface area contributed by atoms with Crippen molar-refractivity contribution in [3.05, 3.63) is 58.6 Å². The summed E-state index contributed by atoms with van der Waals surface area (Å²) in [6.45, 7) is 2.33. The van der Waals surface area contributed by atoms with Crippen molar-refractivity contribution in [2.75, 3.05) is 13.1 Å². The van der Waals surface area contributed by atoms with Gasteiger partial charge in [-0.1, -0.05) is 6.07 Å². The fourth-order valence-electron chi connectivity index (χ4n) is 4.17. The SMILES string of the molecule is Cn1nc(C(=O)N2CCC(Oc3cccc4c3ccn4CC3CC3)CC2)ccc1=O. The Kier molecular flexibility index (Phi) is 4.81. The summed E-state index contributed by atoms with van der Waals surface area (Å²) in [5, 5.41) is 5.23. The molecule has 0 bridgehead atoms. The standard InChI is InChI=1S/C23H26N4O3/c1-25-22(28)8-7-19(24-25)23(29)26-12-9-17(10-13-26)30-21-4-2-3-20-18(21)11-14-27(20)15-16-5-6-16/h2-4,7-8,11,14,16-17H,5-6,9-10,12-13,15H2,1H3. The van der Waals surface area contributed by atoms with E-state index in [0.29, 0.717) is 18.8 Å². The van der Waals surface area contributed by atoms with Gasteiger partial charge >= 0.3 is 0 Å². The van der Waals surface area contributed by atoms with Crippen molar-refractivity contribution in [2.45, 2.75) is 38.3 Å². The van der Waals surface area contributed by atoms with Crippen molar-refractivity contribution in [1.29, 1.82) is 0 Å². The number of nitrogens with zero attached hydrogens (tertiary/aromatic N) is 4. The molecule has 30 heavy (non-hydrogen) atoms. The van der Waals surface area contributed by atoms with Gasteiger partial charge in [-0.3, -0.25) is 9.59 Å². The van der Waals surface area contributed by atoms with Crippen molar-refractivity contribution in [1.82, 2.24) is 19.2 Å². The Balaban J connectivity index is 1.24. The van der Waals surface area contributed by atoms with Crippen LogP contribution in [0.25, 0.3) is 10.9 Å². The van der Waals surface area contributed by atoms with E-state index >= 15 is 0 Å². The fraction of sp³-hybridized carbons (Fsp3) is 0.435. The summed E-state index contributed by atoms with van der Waals surface area (Å²) in [4.78, 5) is 26.0. The second-order valence-corrected chi connectivity index (χ2v) is 8.39. The molecule has 156 valence electrons. The molecule has 0 N–H and O–H groups in total. The summed E-state index contributed by atoms with van der Waals surface area (Å²) in [5.41, 5.74) is 1.31. The zero-order chi connectivity index (χ0) is 20.7. The van der Waals surface area contributed by atoms with Crippen molar-refractivity contribution in [2.24, 2.45) is 13.0 Å². The number of carbonyl (C=O) groups is 1. The Morgan fingerprint density at radius 1 is 1.10 bits per heavy atom. The Morgan fingerprint density at radius 3 is 2.63 bits per heavy atom. The van der Waals surface area contributed by atoms with E-state index in [4.69, 9.17) is 4.74 Å². The van der Waals surface area contributed by atoms with E-state index in [1.54, 1.807) is 11.9 Å². The van der Waals surface area contributed by atoms with Crippen molar-refractivity contribution >= 4 is 16.8 Å². The highest BCUT2D eigenvalue weighted by atomic mass is 16.5. The number of rotatable bonds is 5. The minimum absolute atomic E-state index is 0.0829. The monoisotopic (exact) mass is 406 g/mol. The number of hydrogen-bond acceptors (Lipinski definition) is 4. The van der Waals surface area contributed by atoms with E-state index in [1.807, 2.05) is 6.07 Å². The Bertz CT molecular complexity index is 1140. The van der Waals surface area contributed by atoms with Crippen LogP contribution in [0.4, 0.5) is 0 Å². The number of benzene rings is 1. The summed E-state index contributed by atoms with van der Waals surface area (Å²) in [7, 11) is 1.55. The molecule has 2 aromatic heterocycles. The van der Waals surface area contributed by atoms with Gasteiger partial charge in [0.15, 0.2) is 0 Å². The number of aromatic nitrogens is 3. The molecule has 2 aliphatic rings. The first-order valence-electron chi connectivity index (χ1n) is 10.7. The van der Waals surface area contributed by atoms with Gasteiger partial charge in [-0.25, -0.2) is 4.68 Å². The molecular weight excluding hydrogens is 380 g/mol. The lowest BCUT2D eigenvalue weighted by atomic mass is 10.1. The number of hydrogen-bond donors (Lipinski definition) is 0. The van der Waals surface area contributed by atoms with Crippen LogP contribution in [0.15, 0.2) is 47.4 Å². The van der Waals surface area contributed by atoms with Gasteiger partial charge in [0.25, 0.3) is 11.5 Å². The van der Waals surface area contributed by atoms with E-state index < -0.39 is 0 Å². The van der Waals surface area contributed by atoms with Crippen molar-refractivity contribution in [3.8, 4) is 5.75 Å². The molecule has 3 heterocycles. The third-order valence-electron chi connectivity index (χ3n) is 6.13. The Labute approximate surface area is 174 Å². The van der Waals surface area contributed by atoms with E-state index in [1.165, 1.54) is 35.2 Å². The minimum Gasteiger partial charge on any atom is -0.490 e. The molecule has 1 aromatic carbocycles. The highest BCUT2D eigenvalue weighted by Crippen LogP contribution is 2.34. The van der Waals surface area contributed by atoms with Crippen LogP contribution in [-0.2, 0) is 13.6 Å². The van der Waals surface area contributed by atoms with E-state index in [9.17, 15) is 9.59 Å². The van der Waals surface area contributed by atoms with E-state index in [2.05, 4.69) is 34.1 Å². The van der Waals surface area contributed by atoms with Crippen molar-refractivity contribution < 1.29 is 9.53 Å². The number of fused-ring (bicyclic) bond motifs is 1. The van der Waals surface area contributed by atoms with Gasteiger partial charge in [0.2, 0.25) is 0 Å². The van der Waals surface area contributed by atoms with Gasteiger partial charge < -0.3 is 14.2 Å². The number of amides is 1. The van der Waals surface area contributed by atoms with Gasteiger partial charge in [0.1, 0.15) is 17.5 Å². The van der Waals surface area contributed by atoms with Crippen LogP contribution < -0.4 is 10.3 Å². The summed E-state index contributed by atoms with van der Waals surface area (Å²) in [5.74, 6) is 1.61. The molecule has 2 fully saturated rings. The lowest BCUT2D eigenvalue weighted by Crippen LogP contribution is -2.42. The maximum absolute atomic E-state index is 12.7. The molecule has 1 amide bonds. The topological polar surface area (TPSA) is 69.4 Å². The van der Waals surface area contributed by atoms with Gasteiger partial charge in [-0.15, -0.1) is 0 Å². The van der Waals surface area contributed by atoms with Crippen LogP contribution in [0.3, 0.4) is 0 Å². The number of piperidine rings is 1. The van der Waals surface area contributed by atoms with Gasteiger partial charge in [-0.05, 0) is 43.0 Å². The van der Waals surface area contributed by atoms with Crippen LogP contribution >= 0.6 is 0 Å². The zero-order valence-corrected chi connectivity index (χ0v) is 17.2. The molecule has 1 saturated carbocycles. The lowest BCUT2D eigenvalue weighted by molar-refractivity contribution is 0.0590. The molecule has 1 saturated heterocycles. The highest BCUT2D eigenvalue weighted by Gasteiger charge is 2.26. The first kappa shape index (κ1) is 18.9. The van der Waals surface area contributed by atoms with Crippen LogP contribution in [0.1, 0.15) is 36.2 Å². The van der Waals surface area contributed by atoms with Crippen molar-refractivity contribution in [3.63, 3.8) is 0 Å². The van der Waals surface area contributed by atoms with Gasteiger partial charge in [0.05, 0.1) is 5.52 Å². The second-order valence-electron chi connectivity index (χ2n) is 8.39. The van der Waals surface area contributed by atoms with Gasteiger partial charge in [-0.2, -0.15) is 5.10 Å². The van der Waals surface area contributed by atoms with Crippen LogP contribution in [-0.4, -0.2) is 44.3 Å². The molecule has 0 radical (unpaired) electrons. The average molecular weight is 406 g/mol. The molecule has 7 nitrogen and oxygen atoms in total. The molecule has 0 atom stereocenters. The number of likely N-dealkylation sites (tertiary alicyclic amines) is 1. The third-order valence-corrected chi connectivity index (χ3v) is 6.13. The number of aryl methyl sites for hydroxylation is 1. The summed E-state index contributed by atoms with van der Waals surface area (Å²) in [6, 6.07) is 11.3. The molecule has 0 spiro atoms. The Hall–Kier alpha value is -3.09. The lowest BCUT2D eigenvalue weighted by Gasteiger charge is -2.32. The molecule has 5 rings (SSSR count). The average Bonchev–Trinajstić information content (AvgIpc) is 3.48. The maximum atomic E-state index is 12.7. The quantitative estimate of drug-likeness (QED) is 0.653. The Morgan fingerprint density at radius 2 is 1.90 bits per heavy atom. The molecule has 7 heteroatoms. The first-order valence-corrected chi connectivity index (χ1v) is 10.7. The number of ether oxygens (including phenoxy) is 1. The minimum atomic E-state index is -0.223. The molecule has 1 aliphatic carbocycles. The molecule has 3 aromatic rings. The van der Waals surface area contributed by atoms with Crippen LogP contribution in [0.5, 0.6) is 5.75 Å². The molecular formula is C23H26N4O3. The molecule has 1 aliphatic heterocycles. The maximum Gasteiger partial charge on any atom is 0.274 e. The molecule has 0 unspecified atom stereocenters. The zero-order valence-electron chi connectivity index (χ0n) is 17.2. The summed E-state index contributed by atoms with van der Waals surface area (Å²) >= 11 is 0. The van der Waals surface area contributed by atoms with Crippen LogP contribution in [0, 0.1) is 5.92 Å². The summed E-state index contributed by atoms with van der Waals surface area (Å²) < 4.78 is 9.89. The fourth-order valence-corrected chi connectivity index (χ4v) is 4.17. The normalized spacial score (nSPS) is 17.4. The predicted octanol–water partition coefficient (Wildman–Crippen LogP) is 2.83. The van der Waals surface area contributed by atoms with E-state index in [-0.39, 0.29) is 17.6 Å². The first-order chi connectivity index (χ1) is 14.6. The second kappa shape index (κ2) is 7.63.